The average Bonchev–Trinajstić information content (AvgIpc) is 1.19. The van der Waals surface area contributed by atoms with Crippen LogP contribution in [0.5, 0.6) is 0 Å². The zero-order valence-electron chi connectivity index (χ0n) is 10.2. The van der Waals surface area contributed by atoms with Crippen molar-refractivity contribution in [1.29, 1.82) is 0 Å². The first-order valence-electron chi connectivity index (χ1n) is 1.56. The monoisotopic (exact) mass is 245 g/mol. The van der Waals surface area contributed by atoms with Gasteiger partial charge in [-0.15, -0.1) is 0 Å². The van der Waals surface area contributed by atoms with Gasteiger partial charge in [-0.1, -0.05) is 0 Å². The van der Waals surface area contributed by atoms with E-state index in [1.165, 1.54) is 0 Å². The van der Waals surface area contributed by atoms with E-state index in [1.54, 1.807) is 0 Å². The maximum Gasteiger partial charge on any atom is 2.00 e. The van der Waals surface area contributed by atoms with E-state index in [-0.39, 0.29) is 72.6 Å². The van der Waals surface area contributed by atoms with Gasteiger partial charge in [0.2, 0.25) is 0 Å². The maximum atomic E-state index is 8.88. The number of phosphoric acid groups is 1. The molecule has 8 nitrogen and oxygen atoms in total. The normalized spacial score (nSPS) is 7.17. The first-order chi connectivity index (χ1) is 3.73. The number of hydrogen-bond donors (Lipinski definition) is 7. The summed E-state index contributed by atoms with van der Waals surface area (Å²) in [5.41, 5.74) is 0. The molecule has 0 bridgehead atoms. The molecule has 12 heavy (non-hydrogen) atoms. The summed E-state index contributed by atoms with van der Waals surface area (Å²) < 4.78 is 8.88. The molecule has 0 aromatic heterocycles. The van der Waals surface area contributed by atoms with Crippen molar-refractivity contribution in [2.45, 2.75) is 0 Å². The summed E-state index contributed by atoms with van der Waals surface area (Å²) >= 11 is 0. The molecule has 0 aromatic rings. The molecule has 9 N–H and O–H groups in total. The molecule has 0 amide bonds. The summed E-state index contributed by atoms with van der Waals surface area (Å²) in [5, 5.41) is 21.5. The fourth-order valence-corrected chi connectivity index (χ4v) is 0. The van der Waals surface area contributed by atoms with Crippen molar-refractivity contribution >= 4 is 75.9 Å². The van der Waals surface area contributed by atoms with Crippen LogP contribution in [0.2, 0.25) is 0 Å². The molecule has 0 aliphatic heterocycles. The zero-order chi connectivity index (χ0) is 8.08. The third-order valence-corrected chi connectivity index (χ3v) is 0. The first kappa shape index (κ1) is 29.2. The Bertz CT molecular complexity index is 108. The van der Waals surface area contributed by atoms with Crippen molar-refractivity contribution in [2.75, 3.05) is 0 Å². The largest absolute Gasteiger partial charge is 2.00 e. The second-order valence-corrected chi connectivity index (χ2v) is 1.89. The maximum absolute atomic E-state index is 8.88. The summed E-state index contributed by atoms with van der Waals surface area (Å²) in [4.78, 5) is 21.6. The van der Waals surface area contributed by atoms with Gasteiger partial charge in [0.1, 0.15) is 0 Å². The Kier molecular flexibility index (Phi) is 37.8. The van der Waals surface area contributed by atoms with E-state index < -0.39 is 15.1 Å². The molecule has 0 spiro atoms. The van der Waals surface area contributed by atoms with Crippen LogP contribution in [0.3, 0.4) is 0 Å². The summed E-state index contributed by atoms with van der Waals surface area (Å²) in [6, 6.07) is 0. The third kappa shape index (κ3) is 352. The SMILES string of the molecule is N.O=P(O)(O)O.OB(O)O.[Ca+2].[H-].[H-].[H-].[H-].[Mg+2]. The second-order valence-electron chi connectivity index (χ2n) is 0.860. The van der Waals surface area contributed by atoms with Gasteiger partial charge in [0, 0.05) is 0 Å². The number of hydrogen-bond acceptors (Lipinski definition) is 5. The fraction of sp³-hybridized carbons (Fsp3) is 0. The van der Waals surface area contributed by atoms with Crippen LogP contribution in [0.4, 0.5) is 0 Å². The summed E-state index contributed by atoms with van der Waals surface area (Å²) in [6.45, 7) is 0. The average molecular weight is 245 g/mol. The predicted molar refractivity (Wildman–Crippen MR) is 47.7 cm³/mol. The Hall–Kier alpha value is 2.04. The second kappa shape index (κ2) is 15.5. The molecule has 0 fully saturated rings. The van der Waals surface area contributed by atoms with Gasteiger partial charge >= 0.3 is 75.9 Å². The third-order valence-electron chi connectivity index (χ3n) is 0. The quantitative estimate of drug-likeness (QED) is 0.173. The molecular weight excluding hydrogens is 232 g/mol. The standard InChI is InChI=1S/BH3O3.Ca.Mg.H3N.H3O4P.4H/c2-1(3)4;;;;1-5(2,3)4;;;;/h2-4H;;;1H3;(H3,1,2,3,4);;;;/q;2*+2;;;4*-1. The van der Waals surface area contributed by atoms with Crippen LogP contribution in [-0.4, -0.2) is 97.9 Å². The van der Waals surface area contributed by atoms with Crippen LogP contribution >= 0.6 is 7.82 Å². The van der Waals surface area contributed by atoms with Crippen LogP contribution in [-0.2, 0) is 4.57 Å². The summed E-state index contributed by atoms with van der Waals surface area (Å²) in [5.74, 6) is 0. The topological polar surface area (TPSA) is 173 Å². The minimum atomic E-state index is -4.64. The molecule has 0 atom stereocenters. The van der Waals surface area contributed by atoms with E-state index in [2.05, 4.69) is 0 Å². The summed E-state index contributed by atoms with van der Waals surface area (Å²) in [7, 11) is -6.81. The van der Waals surface area contributed by atoms with Crippen molar-refractivity contribution in [3.63, 3.8) is 0 Å². The van der Waals surface area contributed by atoms with Crippen molar-refractivity contribution < 1.29 is 40.0 Å². The molecule has 0 aromatic carbocycles. The Morgan fingerprint density at radius 3 is 1.08 bits per heavy atom. The van der Waals surface area contributed by atoms with Gasteiger partial charge in [0.05, 0.1) is 0 Å². The number of rotatable bonds is 0. The molecule has 0 aliphatic rings. The zero-order valence-corrected chi connectivity index (χ0v) is 10.8. The van der Waals surface area contributed by atoms with Crippen LogP contribution in [0.1, 0.15) is 5.71 Å². The van der Waals surface area contributed by atoms with Gasteiger partial charge in [-0.2, -0.15) is 0 Å². The van der Waals surface area contributed by atoms with E-state index >= 15 is 0 Å². The molecule has 12 heteroatoms. The summed E-state index contributed by atoms with van der Waals surface area (Å²) in [6.07, 6.45) is 0. The van der Waals surface area contributed by atoms with Crippen LogP contribution in [0.25, 0.3) is 0 Å². The Morgan fingerprint density at radius 1 is 1.08 bits per heavy atom. The molecule has 0 heterocycles. The van der Waals surface area contributed by atoms with Crippen LogP contribution < -0.4 is 6.15 Å². The molecular formula is H13BCaMgNO7P. The van der Waals surface area contributed by atoms with Crippen LogP contribution in [0, 0.1) is 0 Å². The smallest absolute Gasteiger partial charge is 1.00 e. The van der Waals surface area contributed by atoms with Crippen molar-refractivity contribution in [3.8, 4) is 0 Å². The minimum absolute atomic E-state index is 0. The Balaban J connectivity index is -0.00000000614. The van der Waals surface area contributed by atoms with Crippen molar-refractivity contribution in [2.24, 2.45) is 0 Å². The first-order valence-corrected chi connectivity index (χ1v) is 3.12. The molecule has 72 valence electrons. The van der Waals surface area contributed by atoms with Crippen molar-refractivity contribution in [3.05, 3.63) is 0 Å². The fourth-order valence-electron chi connectivity index (χ4n) is 0. The van der Waals surface area contributed by atoms with Gasteiger partial charge < -0.3 is 41.6 Å². The van der Waals surface area contributed by atoms with Gasteiger partial charge in [-0.3, -0.25) is 0 Å². The molecule has 0 unspecified atom stereocenters. The van der Waals surface area contributed by atoms with Gasteiger partial charge in [0.25, 0.3) is 0 Å². The minimum Gasteiger partial charge on any atom is -1.00 e. The Labute approximate surface area is 121 Å². The molecule has 0 radical (unpaired) electrons. The molecule has 0 saturated carbocycles. The molecule has 0 aliphatic carbocycles. The Morgan fingerprint density at radius 2 is 1.08 bits per heavy atom. The predicted octanol–water partition coefficient (Wildman–Crippen LogP) is -3.13. The van der Waals surface area contributed by atoms with Crippen molar-refractivity contribution in [1.82, 2.24) is 6.15 Å². The van der Waals surface area contributed by atoms with Gasteiger partial charge in [0.15, 0.2) is 0 Å². The molecule has 0 rings (SSSR count). The van der Waals surface area contributed by atoms with Gasteiger partial charge in [-0.05, 0) is 0 Å². The van der Waals surface area contributed by atoms with E-state index in [4.69, 9.17) is 34.3 Å². The molecule has 0 saturated heterocycles. The van der Waals surface area contributed by atoms with Gasteiger partial charge in [-0.25, -0.2) is 4.57 Å². The van der Waals surface area contributed by atoms with E-state index in [9.17, 15) is 0 Å². The van der Waals surface area contributed by atoms with E-state index in [1.807, 2.05) is 0 Å². The van der Waals surface area contributed by atoms with E-state index in [0.717, 1.165) is 0 Å². The van der Waals surface area contributed by atoms with Crippen LogP contribution in [0.15, 0.2) is 0 Å². The van der Waals surface area contributed by atoms with E-state index in [0.29, 0.717) is 0 Å².